The molecule has 0 aliphatic carbocycles. The van der Waals surface area contributed by atoms with Crippen LogP contribution < -0.4 is 0 Å². The van der Waals surface area contributed by atoms with Crippen molar-refractivity contribution in [2.75, 3.05) is 6.54 Å². The van der Waals surface area contributed by atoms with E-state index in [4.69, 9.17) is 0 Å². The van der Waals surface area contributed by atoms with Gasteiger partial charge in [-0.25, -0.2) is 4.79 Å². The van der Waals surface area contributed by atoms with E-state index in [1.165, 1.54) is 4.90 Å². The molecule has 1 aromatic heterocycles. The minimum Gasteiger partial charge on any atom is -0.480 e. The summed E-state index contributed by atoms with van der Waals surface area (Å²) in [6.45, 7) is 2.52. The lowest BCUT2D eigenvalue weighted by molar-refractivity contribution is -0.144. The Morgan fingerprint density at radius 3 is 2.61 bits per heavy atom. The van der Waals surface area contributed by atoms with Crippen LogP contribution in [0.1, 0.15) is 30.1 Å². The second-order valence-electron chi connectivity index (χ2n) is 6.12. The zero-order valence-electron chi connectivity index (χ0n) is 13.1. The third-order valence-electron chi connectivity index (χ3n) is 4.41. The van der Waals surface area contributed by atoms with Crippen LogP contribution >= 0.6 is 0 Å². The van der Waals surface area contributed by atoms with Crippen molar-refractivity contribution >= 4 is 11.9 Å². The van der Waals surface area contributed by atoms with E-state index in [1.807, 2.05) is 48.1 Å². The highest BCUT2D eigenvalue weighted by Crippen LogP contribution is 2.25. The first-order valence-electron chi connectivity index (χ1n) is 7.83. The molecule has 1 saturated heterocycles. The van der Waals surface area contributed by atoms with E-state index in [-0.39, 0.29) is 5.91 Å². The Labute approximate surface area is 135 Å². The van der Waals surface area contributed by atoms with Gasteiger partial charge in [-0.2, -0.15) is 0 Å². The maximum atomic E-state index is 12.8. The molecule has 1 amide bonds. The molecular weight excluding hydrogens is 292 g/mol. The van der Waals surface area contributed by atoms with Gasteiger partial charge in [0.15, 0.2) is 0 Å². The summed E-state index contributed by atoms with van der Waals surface area (Å²) in [6, 6.07) is 10.4. The Bertz CT molecular complexity index is 709. The van der Waals surface area contributed by atoms with Crippen LogP contribution in [0.15, 0.2) is 48.8 Å². The van der Waals surface area contributed by atoms with E-state index < -0.39 is 12.0 Å². The summed E-state index contributed by atoms with van der Waals surface area (Å²) < 4.78 is 1.92. The first-order valence-corrected chi connectivity index (χ1v) is 7.83. The lowest BCUT2D eigenvalue weighted by Gasteiger charge is -2.36. The van der Waals surface area contributed by atoms with Crippen LogP contribution in [0.2, 0.25) is 0 Å². The van der Waals surface area contributed by atoms with Crippen molar-refractivity contribution in [1.82, 2.24) is 9.47 Å². The molecule has 0 spiro atoms. The summed E-state index contributed by atoms with van der Waals surface area (Å²) in [5.41, 5.74) is 1.41. The van der Waals surface area contributed by atoms with Gasteiger partial charge in [-0.3, -0.25) is 4.79 Å². The fourth-order valence-corrected chi connectivity index (χ4v) is 3.09. The molecule has 1 aliphatic rings. The van der Waals surface area contributed by atoms with E-state index in [0.29, 0.717) is 24.4 Å². The quantitative estimate of drug-likeness (QED) is 0.948. The summed E-state index contributed by atoms with van der Waals surface area (Å²) in [4.78, 5) is 25.8. The summed E-state index contributed by atoms with van der Waals surface area (Å²) in [5.74, 6) is -0.809. The van der Waals surface area contributed by atoms with Gasteiger partial charge >= 0.3 is 5.97 Å². The van der Waals surface area contributed by atoms with E-state index >= 15 is 0 Å². The Hall–Kier alpha value is -2.56. The van der Waals surface area contributed by atoms with Crippen LogP contribution in [0.25, 0.3) is 5.69 Å². The molecule has 5 heteroatoms. The van der Waals surface area contributed by atoms with Crippen molar-refractivity contribution < 1.29 is 14.7 Å². The average Bonchev–Trinajstić information content (AvgIpc) is 3.09. The standard InChI is InChI=1S/C18H20N2O3/c1-13-7-10-20(16(11-13)18(22)23)17(21)14-5-4-6-15(12-14)19-8-2-3-9-19/h2-6,8-9,12-13,16H,7,10-11H2,1H3,(H,22,23). The Kier molecular flexibility index (Phi) is 4.19. The lowest BCUT2D eigenvalue weighted by atomic mass is 9.92. The number of carbonyl (C=O) groups is 2. The number of aromatic nitrogens is 1. The van der Waals surface area contributed by atoms with Crippen molar-refractivity contribution in [2.45, 2.75) is 25.8 Å². The van der Waals surface area contributed by atoms with E-state index in [9.17, 15) is 14.7 Å². The summed E-state index contributed by atoms with van der Waals surface area (Å²) in [5, 5.41) is 9.43. The van der Waals surface area contributed by atoms with Crippen LogP contribution in [0.5, 0.6) is 0 Å². The first kappa shape index (κ1) is 15.3. The number of piperidine rings is 1. The number of likely N-dealkylation sites (tertiary alicyclic amines) is 1. The molecule has 1 fully saturated rings. The van der Waals surface area contributed by atoms with Crippen LogP contribution in [0, 0.1) is 5.92 Å². The van der Waals surface area contributed by atoms with Crippen molar-refractivity contribution in [3.05, 3.63) is 54.4 Å². The zero-order valence-corrected chi connectivity index (χ0v) is 13.1. The van der Waals surface area contributed by atoms with Gasteiger partial charge in [0.25, 0.3) is 5.91 Å². The highest BCUT2D eigenvalue weighted by atomic mass is 16.4. The molecule has 1 aliphatic heterocycles. The molecule has 3 rings (SSSR count). The Morgan fingerprint density at radius 2 is 1.91 bits per heavy atom. The number of amides is 1. The van der Waals surface area contributed by atoms with Crippen molar-refractivity contribution in [3.8, 4) is 5.69 Å². The van der Waals surface area contributed by atoms with Crippen LogP contribution in [-0.4, -0.2) is 39.0 Å². The molecule has 5 nitrogen and oxygen atoms in total. The Balaban J connectivity index is 1.87. The third-order valence-corrected chi connectivity index (χ3v) is 4.41. The van der Waals surface area contributed by atoms with Gasteiger partial charge in [0.2, 0.25) is 0 Å². The molecule has 1 N–H and O–H groups in total. The molecule has 0 bridgehead atoms. The second-order valence-corrected chi connectivity index (χ2v) is 6.12. The minimum absolute atomic E-state index is 0.210. The van der Waals surface area contributed by atoms with Gasteiger partial charge in [-0.1, -0.05) is 13.0 Å². The lowest BCUT2D eigenvalue weighted by Crippen LogP contribution is -2.49. The Morgan fingerprint density at radius 1 is 1.17 bits per heavy atom. The molecule has 2 unspecified atom stereocenters. The second kappa shape index (κ2) is 6.28. The van der Waals surface area contributed by atoms with Gasteiger partial charge < -0.3 is 14.6 Å². The number of carboxylic acids is 1. The number of benzene rings is 1. The smallest absolute Gasteiger partial charge is 0.326 e. The molecular formula is C18H20N2O3. The highest BCUT2D eigenvalue weighted by Gasteiger charge is 2.35. The van der Waals surface area contributed by atoms with Crippen LogP contribution in [0.3, 0.4) is 0 Å². The topological polar surface area (TPSA) is 62.5 Å². The molecule has 120 valence electrons. The number of carbonyl (C=O) groups excluding carboxylic acids is 1. The average molecular weight is 312 g/mol. The largest absolute Gasteiger partial charge is 0.480 e. The van der Waals surface area contributed by atoms with E-state index in [2.05, 4.69) is 0 Å². The van der Waals surface area contributed by atoms with E-state index in [1.54, 1.807) is 12.1 Å². The number of aliphatic carboxylic acids is 1. The number of nitrogens with zero attached hydrogens (tertiary/aromatic N) is 2. The van der Waals surface area contributed by atoms with Gasteiger partial charge in [0, 0.05) is 30.2 Å². The maximum absolute atomic E-state index is 12.8. The number of rotatable bonds is 3. The van der Waals surface area contributed by atoms with Gasteiger partial charge in [0.05, 0.1) is 0 Å². The molecule has 0 radical (unpaired) electrons. The fraction of sp³-hybridized carbons (Fsp3) is 0.333. The maximum Gasteiger partial charge on any atom is 0.326 e. The molecule has 2 atom stereocenters. The zero-order chi connectivity index (χ0) is 16.4. The van der Waals surface area contributed by atoms with Crippen molar-refractivity contribution in [1.29, 1.82) is 0 Å². The molecule has 2 heterocycles. The molecule has 23 heavy (non-hydrogen) atoms. The SMILES string of the molecule is CC1CCN(C(=O)c2cccc(-n3cccc3)c2)C(C(=O)O)C1. The van der Waals surface area contributed by atoms with Crippen molar-refractivity contribution in [2.24, 2.45) is 5.92 Å². The number of hydrogen-bond donors (Lipinski definition) is 1. The summed E-state index contributed by atoms with van der Waals surface area (Å²) in [6.07, 6.45) is 5.17. The first-order chi connectivity index (χ1) is 11.1. The van der Waals surface area contributed by atoms with Crippen LogP contribution in [0.4, 0.5) is 0 Å². The molecule has 0 saturated carbocycles. The highest BCUT2D eigenvalue weighted by molar-refractivity contribution is 5.97. The summed E-state index contributed by atoms with van der Waals surface area (Å²) >= 11 is 0. The third kappa shape index (κ3) is 3.13. The van der Waals surface area contributed by atoms with Crippen molar-refractivity contribution in [3.63, 3.8) is 0 Å². The van der Waals surface area contributed by atoms with E-state index in [0.717, 1.165) is 12.1 Å². The van der Waals surface area contributed by atoms with Gasteiger partial charge in [0.1, 0.15) is 6.04 Å². The van der Waals surface area contributed by atoms with Gasteiger partial charge in [-0.05, 0) is 49.1 Å². The van der Waals surface area contributed by atoms with Gasteiger partial charge in [-0.15, -0.1) is 0 Å². The molecule has 1 aromatic carbocycles. The monoisotopic (exact) mass is 312 g/mol. The number of hydrogen-bond acceptors (Lipinski definition) is 2. The number of carboxylic acid groups (broad SMARTS) is 1. The predicted molar refractivity (Wildman–Crippen MR) is 86.6 cm³/mol. The normalized spacial score (nSPS) is 21.2. The molecule has 2 aromatic rings. The summed E-state index contributed by atoms with van der Waals surface area (Å²) in [7, 11) is 0. The minimum atomic E-state index is -0.925. The predicted octanol–water partition coefficient (Wildman–Crippen LogP) is 2.80. The fourth-order valence-electron chi connectivity index (χ4n) is 3.09. The van der Waals surface area contributed by atoms with Crippen LogP contribution in [-0.2, 0) is 4.79 Å².